The monoisotopic (exact) mass is 382 g/mol. The number of benzene rings is 1. The number of ether oxygens (including phenoxy) is 1. The van der Waals surface area contributed by atoms with Gasteiger partial charge in [0.1, 0.15) is 5.82 Å². The van der Waals surface area contributed by atoms with E-state index in [0.29, 0.717) is 18.2 Å². The second-order valence-electron chi connectivity index (χ2n) is 6.23. The summed E-state index contributed by atoms with van der Waals surface area (Å²) in [5, 5.41) is 10.1. The highest BCUT2D eigenvalue weighted by Gasteiger charge is 2.22. The van der Waals surface area contributed by atoms with Gasteiger partial charge in [0.2, 0.25) is 0 Å². The van der Waals surface area contributed by atoms with Crippen LogP contribution in [0.3, 0.4) is 0 Å². The van der Waals surface area contributed by atoms with E-state index < -0.39 is 6.10 Å². The fraction of sp³-hybridized carbons (Fsp3) is 0.647. The molecule has 0 amide bonds. The van der Waals surface area contributed by atoms with Gasteiger partial charge in [-0.15, -0.1) is 24.8 Å². The minimum Gasteiger partial charge on any atom is -0.389 e. The molecule has 1 atom stereocenters. The van der Waals surface area contributed by atoms with Gasteiger partial charge in [-0.25, -0.2) is 4.39 Å². The molecule has 7 heteroatoms. The van der Waals surface area contributed by atoms with E-state index in [-0.39, 0.29) is 43.8 Å². The molecule has 140 valence electrons. The van der Waals surface area contributed by atoms with Crippen LogP contribution in [-0.4, -0.2) is 67.4 Å². The zero-order valence-electron chi connectivity index (χ0n) is 14.4. The lowest BCUT2D eigenvalue weighted by Crippen LogP contribution is -2.45. The summed E-state index contributed by atoms with van der Waals surface area (Å²) >= 11 is 0. The molecule has 1 unspecified atom stereocenters. The van der Waals surface area contributed by atoms with Crippen LogP contribution in [0, 0.1) is 5.82 Å². The maximum atomic E-state index is 13.4. The Morgan fingerprint density at radius 3 is 2.54 bits per heavy atom. The van der Waals surface area contributed by atoms with Gasteiger partial charge in [-0.1, -0.05) is 18.2 Å². The normalized spacial score (nSPS) is 17.2. The van der Waals surface area contributed by atoms with Crippen LogP contribution in [0.5, 0.6) is 0 Å². The van der Waals surface area contributed by atoms with Crippen LogP contribution in [-0.2, 0) is 11.3 Å². The lowest BCUT2D eigenvalue weighted by Gasteiger charge is -2.35. The largest absolute Gasteiger partial charge is 0.389 e. The highest BCUT2D eigenvalue weighted by Crippen LogP contribution is 2.14. The third kappa shape index (κ3) is 7.64. The predicted molar refractivity (Wildman–Crippen MR) is 99.7 cm³/mol. The zero-order chi connectivity index (χ0) is 15.9. The van der Waals surface area contributed by atoms with Crippen LogP contribution in [0.1, 0.15) is 18.4 Å². The van der Waals surface area contributed by atoms with Gasteiger partial charge in [-0.05, 0) is 46.1 Å². The molecular formula is C17H29Cl2FN2O2. The molecule has 0 saturated carbocycles. The first-order chi connectivity index (χ1) is 10.6. The van der Waals surface area contributed by atoms with Crippen molar-refractivity contribution in [2.45, 2.75) is 31.6 Å². The fourth-order valence-corrected chi connectivity index (χ4v) is 2.89. The molecule has 1 aliphatic rings. The number of piperidine rings is 1. The van der Waals surface area contributed by atoms with Crippen LogP contribution >= 0.6 is 24.8 Å². The van der Waals surface area contributed by atoms with Crippen LogP contribution in [0.15, 0.2) is 24.3 Å². The maximum absolute atomic E-state index is 13.4. The van der Waals surface area contributed by atoms with Gasteiger partial charge >= 0.3 is 0 Å². The van der Waals surface area contributed by atoms with Crippen LogP contribution in [0.2, 0.25) is 0 Å². The van der Waals surface area contributed by atoms with Crippen molar-refractivity contribution in [1.29, 1.82) is 0 Å². The van der Waals surface area contributed by atoms with Gasteiger partial charge in [0.15, 0.2) is 0 Å². The van der Waals surface area contributed by atoms with Crippen molar-refractivity contribution in [1.82, 2.24) is 9.80 Å². The number of halogens is 3. The molecule has 1 aromatic carbocycles. The molecule has 4 nitrogen and oxygen atoms in total. The molecule has 0 radical (unpaired) electrons. The SMILES string of the molecule is CN1CCC(N(C)CC(O)COCc2ccccc2F)CC1.Cl.Cl. The number of aliphatic hydroxyl groups is 1. The summed E-state index contributed by atoms with van der Waals surface area (Å²) in [6.07, 6.45) is 1.72. The Hall–Kier alpha value is -0.430. The highest BCUT2D eigenvalue weighted by atomic mass is 35.5. The molecule has 0 aromatic heterocycles. The molecule has 0 bridgehead atoms. The Labute approximate surface area is 156 Å². The minimum atomic E-state index is -0.545. The van der Waals surface area contributed by atoms with Crippen molar-refractivity contribution in [3.8, 4) is 0 Å². The quantitative estimate of drug-likeness (QED) is 0.785. The number of likely N-dealkylation sites (tertiary alicyclic amines) is 1. The van der Waals surface area contributed by atoms with E-state index in [1.54, 1.807) is 18.2 Å². The first-order valence-corrected chi connectivity index (χ1v) is 7.94. The highest BCUT2D eigenvalue weighted by molar-refractivity contribution is 5.85. The molecule has 1 saturated heterocycles. The number of likely N-dealkylation sites (N-methyl/N-ethyl adjacent to an activating group) is 1. The molecule has 2 rings (SSSR count). The van der Waals surface area contributed by atoms with Crippen molar-refractivity contribution in [3.05, 3.63) is 35.6 Å². The number of aliphatic hydroxyl groups excluding tert-OH is 1. The number of nitrogens with zero attached hydrogens (tertiary/aromatic N) is 2. The van der Waals surface area contributed by atoms with Gasteiger partial charge in [-0.2, -0.15) is 0 Å². The molecule has 1 N–H and O–H groups in total. The Morgan fingerprint density at radius 2 is 1.92 bits per heavy atom. The van der Waals surface area contributed by atoms with E-state index in [0.717, 1.165) is 25.9 Å². The second kappa shape index (κ2) is 12.0. The van der Waals surface area contributed by atoms with Gasteiger partial charge in [-0.3, -0.25) is 0 Å². The number of hydrogen-bond acceptors (Lipinski definition) is 4. The Bertz CT molecular complexity index is 460. The summed E-state index contributed by atoms with van der Waals surface area (Å²) in [6.45, 7) is 3.22. The molecule has 1 aromatic rings. The molecule has 0 aliphatic carbocycles. The van der Waals surface area contributed by atoms with E-state index in [9.17, 15) is 9.50 Å². The van der Waals surface area contributed by atoms with Crippen molar-refractivity contribution in [2.75, 3.05) is 40.3 Å². The van der Waals surface area contributed by atoms with Gasteiger partial charge in [0.05, 0.1) is 19.3 Å². The standard InChI is InChI=1S/C17H27FN2O2.2ClH/c1-19-9-7-15(8-10-19)20(2)11-16(21)13-22-12-14-5-3-4-6-17(14)18;;/h3-6,15-16,21H,7-13H2,1-2H3;2*1H. The number of hydrogen-bond donors (Lipinski definition) is 1. The minimum absolute atomic E-state index is 0. The topological polar surface area (TPSA) is 35.9 Å². The predicted octanol–water partition coefficient (Wildman–Crippen LogP) is 2.57. The van der Waals surface area contributed by atoms with Gasteiger partial charge < -0.3 is 19.6 Å². The summed E-state index contributed by atoms with van der Waals surface area (Å²) in [7, 11) is 4.19. The van der Waals surface area contributed by atoms with Crippen LogP contribution in [0.25, 0.3) is 0 Å². The average molecular weight is 383 g/mol. The third-order valence-electron chi connectivity index (χ3n) is 4.34. The summed E-state index contributed by atoms with van der Waals surface area (Å²) in [5.74, 6) is -0.263. The third-order valence-corrected chi connectivity index (χ3v) is 4.34. The molecule has 1 aliphatic heterocycles. The van der Waals surface area contributed by atoms with Crippen LogP contribution in [0.4, 0.5) is 4.39 Å². The molecule has 1 heterocycles. The summed E-state index contributed by atoms with van der Waals surface area (Å²) in [4.78, 5) is 4.54. The summed E-state index contributed by atoms with van der Waals surface area (Å²) in [6, 6.07) is 7.09. The Morgan fingerprint density at radius 1 is 1.29 bits per heavy atom. The summed E-state index contributed by atoms with van der Waals surface area (Å²) < 4.78 is 18.9. The van der Waals surface area contributed by atoms with Crippen molar-refractivity contribution in [3.63, 3.8) is 0 Å². The lowest BCUT2D eigenvalue weighted by molar-refractivity contribution is 0.00216. The smallest absolute Gasteiger partial charge is 0.128 e. The van der Waals surface area contributed by atoms with Crippen molar-refractivity contribution < 1.29 is 14.2 Å². The first kappa shape index (κ1) is 23.6. The Balaban J connectivity index is 0.00000264. The maximum Gasteiger partial charge on any atom is 0.128 e. The van der Waals surface area contributed by atoms with Crippen LogP contribution < -0.4 is 0 Å². The van der Waals surface area contributed by atoms with E-state index in [2.05, 4.69) is 23.9 Å². The van der Waals surface area contributed by atoms with Crippen molar-refractivity contribution >= 4 is 24.8 Å². The van der Waals surface area contributed by atoms with E-state index in [1.807, 2.05) is 0 Å². The number of rotatable bonds is 7. The molecular weight excluding hydrogens is 354 g/mol. The fourth-order valence-electron chi connectivity index (χ4n) is 2.89. The Kier molecular flexibility index (Phi) is 11.8. The zero-order valence-corrected chi connectivity index (χ0v) is 16.0. The summed E-state index contributed by atoms with van der Waals surface area (Å²) in [5.41, 5.74) is 0.526. The van der Waals surface area contributed by atoms with Gasteiger partial charge in [0.25, 0.3) is 0 Å². The van der Waals surface area contributed by atoms with E-state index in [4.69, 9.17) is 4.74 Å². The van der Waals surface area contributed by atoms with E-state index >= 15 is 0 Å². The average Bonchev–Trinajstić information content (AvgIpc) is 2.50. The van der Waals surface area contributed by atoms with Crippen molar-refractivity contribution in [2.24, 2.45) is 0 Å². The van der Waals surface area contributed by atoms with Gasteiger partial charge in [0, 0.05) is 18.2 Å². The van der Waals surface area contributed by atoms with E-state index in [1.165, 1.54) is 6.07 Å². The molecule has 0 spiro atoms. The second-order valence-corrected chi connectivity index (χ2v) is 6.23. The lowest BCUT2D eigenvalue weighted by atomic mass is 10.0. The molecule has 1 fully saturated rings. The first-order valence-electron chi connectivity index (χ1n) is 7.94. The molecule has 24 heavy (non-hydrogen) atoms.